The predicted octanol–water partition coefficient (Wildman–Crippen LogP) is 2.31. The Kier molecular flexibility index (Phi) is 4.02. The maximum absolute atomic E-state index is 12.2. The highest BCUT2D eigenvalue weighted by Gasteiger charge is 2.17. The molecule has 4 heteroatoms. The lowest BCUT2D eigenvalue weighted by Crippen LogP contribution is -2.85. The van der Waals surface area contributed by atoms with Gasteiger partial charge >= 0.3 is 0 Å². The van der Waals surface area contributed by atoms with E-state index in [2.05, 4.69) is 41.3 Å². The van der Waals surface area contributed by atoms with Gasteiger partial charge in [-0.05, 0) is 26.0 Å². The average Bonchev–Trinajstić information content (AvgIpc) is 2.55. The maximum atomic E-state index is 12.2. The minimum Gasteiger partial charge on any atom is -0.332 e. The van der Waals surface area contributed by atoms with Gasteiger partial charge in [-0.2, -0.15) is 0 Å². The van der Waals surface area contributed by atoms with Crippen molar-refractivity contribution in [1.29, 1.82) is 0 Å². The molecule has 0 spiro atoms. The number of hydrogen-bond acceptors (Lipinski definition) is 2. The molecule has 0 aliphatic rings. The first-order valence-electron chi connectivity index (χ1n) is 7.54. The zero-order chi connectivity index (χ0) is 15.5. The Bertz CT molecular complexity index is 826. The van der Waals surface area contributed by atoms with Gasteiger partial charge in [0.2, 0.25) is 0 Å². The summed E-state index contributed by atoms with van der Waals surface area (Å²) in [7, 11) is 0. The third-order valence-electron chi connectivity index (χ3n) is 3.97. The standard InChI is InChI=1S/C18H19N3O/c1-12(14-8-4-3-5-9-14)19-13(2)17-20-16-11-7-6-10-15(16)18(22)21-17/h3-13,19H,1-2H3,(H,20,21,22)/p+1/t12-,13+/m0/s1. The molecular weight excluding hydrogens is 274 g/mol. The van der Waals surface area contributed by atoms with E-state index in [0.29, 0.717) is 17.3 Å². The van der Waals surface area contributed by atoms with E-state index in [0.717, 1.165) is 5.52 Å². The summed E-state index contributed by atoms with van der Waals surface area (Å²) in [5.74, 6) is 0.714. The molecule has 1 heterocycles. The minimum atomic E-state index is -0.0757. The molecule has 0 aliphatic heterocycles. The van der Waals surface area contributed by atoms with Crippen LogP contribution >= 0.6 is 0 Å². The summed E-state index contributed by atoms with van der Waals surface area (Å²) in [4.78, 5) is 19.7. The van der Waals surface area contributed by atoms with Crippen molar-refractivity contribution in [2.75, 3.05) is 0 Å². The van der Waals surface area contributed by atoms with E-state index in [1.165, 1.54) is 5.56 Å². The van der Waals surface area contributed by atoms with Crippen molar-refractivity contribution in [2.24, 2.45) is 0 Å². The van der Waals surface area contributed by atoms with Crippen LogP contribution in [-0.4, -0.2) is 9.97 Å². The van der Waals surface area contributed by atoms with Gasteiger partial charge in [0.25, 0.3) is 5.56 Å². The lowest BCUT2D eigenvalue weighted by Gasteiger charge is -2.16. The maximum Gasteiger partial charge on any atom is 0.258 e. The number of rotatable bonds is 4. The molecule has 0 saturated carbocycles. The quantitative estimate of drug-likeness (QED) is 0.775. The molecular formula is C18H20N3O+. The molecule has 22 heavy (non-hydrogen) atoms. The summed E-state index contributed by atoms with van der Waals surface area (Å²) < 4.78 is 0. The molecule has 3 rings (SSSR count). The Morgan fingerprint density at radius 2 is 1.64 bits per heavy atom. The summed E-state index contributed by atoms with van der Waals surface area (Å²) in [6.07, 6.45) is 0. The van der Waals surface area contributed by atoms with Gasteiger partial charge in [-0.25, -0.2) is 4.98 Å². The van der Waals surface area contributed by atoms with Crippen LogP contribution in [0.15, 0.2) is 59.4 Å². The molecule has 3 aromatic rings. The van der Waals surface area contributed by atoms with Crippen molar-refractivity contribution in [3.05, 3.63) is 76.3 Å². The van der Waals surface area contributed by atoms with Gasteiger partial charge in [0.15, 0.2) is 5.82 Å². The number of fused-ring (bicyclic) bond motifs is 1. The second-order valence-corrected chi connectivity index (χ2v) is 5.65. The number of hydrogen-bond donors (Lipinski definition) is 2. The van der Waals surface area contributed by atoms with Crippen LogP contribution in [0.25, 0.3) is 10.9 Å². The topological polar surface area (TPSA) is 62.4 Å². The van der Waals surface area contributed by atoms with E-state index in [4.69, 9.17) is 0 Å². The molecule has 112 valence electrons. The lowest BCUT2D eigenvalue weighted by molar-refractivity contribution is -0.729. The zero-order valence-corrected chi connectivity index (χ0v) is 12.8. The third kappa shape index (κ3) is 2.92. The lowest BCUT2D eigenvalue weighted by atomic mass is 10.1. The molecule has 1 aromatic heterocycles. The highest BCUT2D eigenvalue weighted by atomic mass is 16.1. The Balaban J connectivity index is 1.86. The number of nitrogens with one attached hydrogen (secondary N) is 1. The van der Waals surface area contributed by atoms with Crippen LogP contribution in [-0.2, 0) is 0 Å². The van der Waals surface area contributed by atoms with Crippen molar-refractivity contribution in [2.45, 2.75) is 25.9 Å². The van der Waals surface area contributed by atoms with Crippen LogP contribution in [0.1, 0.15) is 37.3 Å². The Labute approximate surface area is 129 Å². The number of aromatic amines is 1. The van der Waals surface area contributed by atoms with Crippen molar-refractivity contribution >= 4 is 10.9 Å². The molecule has 0 radical (unpaired) electrons. The molecule has 0 fully saturated rings. The highest BCUT2D eigenvalue weighted by Crippen LogP contribution is 2.11. The van der Waals surface area contributed by atoms with E-state index >= 15 is 0 Å². The van der Waals surface area contributed by atoms with E-state index in [9.17, 15) is 4.79 Å². The largest absolute Gasteiger partial charge is 0.332 e. The summed E-state index contributed by atoms with van der Waals surface area (Å²) >= 11 is 0. The zero-order valence-electron chi connectivity index (χ0n) is 12.8. The van der Waals surface area contributed by atoms with Gasteiger partial charge in [-0.15, -0.1) is 0 Å². The molecule has 0 bridgehead atoms. The van der Waals surface area contributed by atoms with Crippen LogP contribution < -0.4 is 10.9 Å². The number of H-pyrrole nitrogens is 1. The van der Waals surface area contributed by atoms with Crippen LogP contribution in [0.2, 0.25) is 0 Å². The number of benzene rings is 2. The Hall–Kier alpha value is -2.46. The number of nitrogens with zero attached hydrogens (tertiary/aromatic N) is 1. The minimum absolute atomic E-state index is 0.0757. The molecule has 2 atom stereocenters. The third-order valence-corrected chi connectivity index (χ3v) is 3.97. The van der Waals surface area contributed by atoms with E-state index in [1.807, 2.05) is 36.4 Å². The monoisotopic (exact) mass is 294 g/mol. The fourth-order valence-corrected chi connectivity index (χ4v) is 2.71. The van der Waals surface area contributed by atoms with E-state index in [-0.39, 0.29) is 11.6 Å². The predicted molar refractivity (Wildman–Crippen MR) is 87.6 cm³/mol. The van der Waals surface area contributed by atoms with Crippen LogP contribution in [0, 0.1) is 0 Å². The summed E-state index contributed by atoms with van der Waals surface area (Å²) in [5.41, 5.74) is 1.93. The SMILES string of the molecule is C[C@H]([NH2+][C@H](C)c1nc2ccccc2c(=O)[nH]1)c1ccccc1. The van der Waals surface area contributed by atoms with Crippen LogP contribution in [0.4, 0.5) is 0 Å². The van der Waals surface area contributed by atoms with Crippen molar-refractivity contribution in [3.63, 3.8) is 0 Å². The van der Waals surface area contributed by atoms with E-state index < -0.39 is 0 Å². The van der Waals surface area contributed by atoms with Gasteiger partial charge in [0.05, 0.1) is 10.9 Å². The molecule has 3 N–H and O–H groups in total. The second kappa shape index (κ2) is 6.12. The average molecular weight is 294 g/mol. The molecule has 0 aliphatic carbocycles. The fraction of sp³-hybridized carbons (Fsp3) is 0.222. The summed E-state index contributed by atoms with van der Waals surface area (Å²) in [5, 5.41) is 2.84. The number of para-hydroxylation sites is 1. The second-order valence-electron chi connectivity index (χ2n) is 5.65. The first-order valence-corrected chi connectivity index (χ1v) is 7.54. The molecule has 2 aromatic carbocycles. The number of aromatic nitrogens is 2. The van der Waals surface area contributed by atoms with Crippen LogP contribution in [0.3, 0.4) is 0 Å². The first kappa shape index (κ1) is 14.5. The van der Waals surface area contributed by atoms with E-state index in [1.54, 1.807) is 6.07 Å². The summed E-state index contributed by atoms with van der Waals surface area (Å²) in [6.45, 7) is 4.22. The highest BCUT2D eigenvalue weighted by molar-refractivity contribution is 5.77. The molecule has 0 saturated heterocycles. The Morgan fingerprint density at radius 1 is 0.955 bits per heavy atom. The summed E-state index contributed by atoms with van der Waals surface area (Å²) in [6, 6.07) is 18.1. The molecule has 4 nitrogen and oxygen atoms in total. The van der Waals surface area contributed by atoms with Gasteiger partial charge in [-0.3, -0.25) is 4.79 Å². The van der Waals surface area contributed by atoms with Crippen LogP contribution in [0.5, 0.6) is 0 Å². The molecule has 0 unspecified atom stereocenters. The van der Waals surface area contributed by atoms with Gasteiger partial charge < -0.3 is 10.3 Å². The van der Waals surface area contributed by atoms with Crippen molar-refractivity contribution < 1.29 is 5.32 Å². The first-order chi connectivity index (χ1) is 10.6. The Morgan fingerprint density at radius 3 is 2.41 bits per heavy atom. The number of nitrogens with two attached hydrogens (primary N) is 1. The number of quaternary nitrogens is 1. The smallest absolute Gasteiger partial charge is 0.258 e. The molecule has 0 amide bonds. The fourth-order valence-electron chi connectivity index (χ4n) is 2.71. The van der Waals surface area contributed by atoms with Gasteiger partial charge in [0, 0.05) is 5.56 Å². The van der Waals surface area contributed by atoms with Gasteiger partial charge in [-0.1, -0.05) is 42.5 Å². The van der Waals surface area contributed by atoms with Crippen molar-refractivity contribution in [1.82, 2.24) is 9.97 Å². The van der Waals surface area contributed by atoms with Crippen molar-refractivity contribution in [3.8, 4) is 0 Å². The normalized spacial score (nSPS) is 13.9. The van der Waals surface area contributed by atoms with Gasteiger partial charge in [0.1, 0.15) is 12.1 Å².